The monoisotopic (exact) mass is 237 g/mol. The standard InChI is InChI=1S/C11H11NO3S/c1-5-9(10(12)11(14)15)7-3-2-6(13)4-8(7)16-5/h2-4,10,13H,12H2,1H3,(H,14,15). The number of benzene rings is 1. The number of nitrogens with two attached hydrogens (primary N) is 1. The molecule has 0 fully saturated rings. The molecule has 0 aliphatic heterocycles. The van der Waals surface area contributed by atoms with E-state index in [1.807, 2.05) is 6.92 Å². The van der Waals surface area contributed by atoms with Gasteiger partial charge in [-0.1, -0.05) is 0 Å². The third-order valence-electron chi connectivity index (χ3n) is 2.47. The summed E-state index contributed by atoms with van der Waals surface area (Å²) in [5, 5.41) is 19.1. The molecule has 16 heavy (non-hydrogen) atoms. The van der Waals surface area contributed by atoms with Crippen LogP contribution in [0, 0.1) is 6.92 Å². The molecule has 1 heterocycles. The van der Waals surface area contributed by atoms with E-state index < -0.39 is 12.0 Å². The summed E-state index contributed by atoms with van der Waals surface area (Å²) in [6.45, 7) is 1.83. The fourth-order valence-electron chi connectivity index (χ4n) is 1.74. The first kappa shape index (κ1) is 10.9. The molecule has 0 radical (unpaired) electrons. The smallest absolute Gasteiger partial charge is 0.325 e. The van der Waals surface area contributed by atoms with Crippen molar-refractivity contribution >= 4 is 27.4 Å². The average Bonchev–Trinajstić information content (AvgIpc) is 2.51. The van der Waals surface area contributed by atoms with Gasteiger partial charge in [0.15, 0.2) is 0 Å². The Labute approximate surface area is 95.9 Å². The minimum Gasteiger partial charge on any atom is -0.508 e. The van der Waals surface area contributed by atoms with Gasteiger partial charge in [-0.05, 0) is 30.5 Å². The highest BCUT2D eigenvalue weighted by Gasteiger charge is 2.21. The van der Waals surface area contributed by atoms with Crippen molar-refractivity contribution in [3.8, 4) is 5.75 Å². The molecule has 0 saturated carbocycles. The van der Waals surface area contributed by atoms with Crippen molar-refractivity contribution in [2.75, 3.05) is 0 Å². The number of aryl methyl sites for hydroxylation is 1. The Hall–Kier alpha value is -1.59. The SMILES string of the molecule is Cc1sc2cc(O)ccc2c1C(N)C(=O)O. The van der Waals surface area contributed by atoms with Crippen LogP contribution < -0.4 is 5.73 Å². The van der Waals surface area contributed by atoms with Gasteiger partial charge in [0.2, 0.25) is 0 Å². The van der Waals surface area contributed by atoms with Crippen LogP contribution in [0.3, 0.4) is 0 Å². The first-order chi connectivity index (χ1) is 7.50. The lowest BCUT2D eigenvalue weighted by molar-refractivity contribution is -0.138. The van der Waals surface area contributed by atoms with E-state index in [4.69, 9.17) is 10.8 Å². The fourth-order valence-corrected chi connectivity index (χ4v) is 2.88. The van der Waals surface area contributed by atoms with Gasteiger partial charge in [0.05, 0.1) is 0 Å². The van der Waals surface area contributed by atoms with Crippen LogP contribution in [-0.2, 0) is 4.79 Å². The molecule has 0 spiro atoms. The van der Waals surface area contributed by atoms with E-state index in [0.29, 0.717) is 5.56 Å². The molecule has 0 aliphatic carbocycles. The minimum atomic E-state index is -1.05. The molecule has 1 aromatic carbocycles. The van der Waals surface area contributed by atoms with Gasteiger partial charge in [0.1, 0.15) is 11.8 Å². The predicted molar refractivity (Wildman–Crippen MR) is 62.8 cm³/mol. The highest BCUT2D eigenvalue weighted by molar-refractivity contribution is 7.19. The van der Waals surface area contributed by atoms with Crippen LogP contribution in [0.4, 0.5) is 0 Å². The molecule has 0 bridgehead atoms. The first-order valence-corrected chi connectivity index (χ1v) is 5.52. The zero-order valence-electron chi connectivity index (χ0n) is 8.60. The third kappa shape index (κ3) is 1.64. The van der Waals surface area contributed by atoms with Gasteiger partial charge in [-0.2, -0.15) is 0 Å². The Morgan fingerprint density at radius 3 is 2.81 bits per heavy atom. The van der Waals surface area contributed by atoms with Crippen LogP contribution in [-0.4, -0.2) is 16.2 Å². The number of carboxylic acid groups (broad SMARTS) is 1. The van der Waals surface area contributed by atoms with Crippen LogP contribution in [0.1, 0.15) is 16.5 Å². The van der Waals surface area contributed by atoms with Crippen molar-refractivity contribution in [3.05, 3.63) is 28.6 Å². The lowest BCUT2D eigenvalue weighted by Gasteiger charge is -2.06. The maximum atomic E-state index is 10.9. The van der Waals surface area contributed by atoms with E-state index in [2.05, 4.69) is 0 Å². The van der Waals surface area contributed by atoms with Crippen molar-refractivity contribution in [2.24, 2.45) is 5.73 Å². The van der Waals surface area contributed by atoms with Crippen molar-refractivity contribution < 1.29 is 15.0 Å². The number of rotatable bonds is 2. The molecule has 84 valence electrons. The van der Waals surface area contributed by atoms with E-state index in [0.717, 1.165) is 15.0 Å². The van der Waals surface area contributed by atoms with Gasteiger partial charge in [0.25, 0.3) is 0 Å². The topological polar surface area (TPSA) is 83.5 Å². The van der Waals surface area contributed by atoms with Gasteiger partial charge >= 0.3 is 5.97 Å². The van der Waals surface area contributed by atoms with Crippen LogP contribution in [0.2, 0.25) is 0 Å². The molecule has 2 rings (SSSR count). The normalized spacial score (nSPS) is 12.9. The quantitative estimate of drug-likeness (QED) is 0.746. The third-order valence-corrected chi connectivity index (χ3v) is 3.56. The van der Waals surface area contributed by atoms with Crippen LogP contribution in [0.15, 0.2) is 18.2 Å². The van der Waals surface area contributed by atoms with Gasteiger partial charge in [-0.15, -0.1) is 11.3 Å². The highest BCUT2D eigenvalue weighted by Crippen LogP contribution is 2.35. The number of carboxylic acids is 1. The summed E-state index contributed by atoms with van der Waals surface area (Å²) in [5.74, 6) is -0.875. The lowest BCUT2D eigenvalue weighted by Crippen LogP contribution is -2.20. The van der Waals surface area contributed by atoms with Gasteiger partial charge in [-0.25, -0.2) is 0 Å². The van der Waals surface area contributed by atoms with Crippen molar-refractivity contribution in [3.63, 3.8) is 0 Å². The summed E-state index contributed by atoms with van der Waals surface area (Å²) in [6, 6.07) is 3.84. The summed E-state index contributed by atoms with van der Waals surface area (Å²) < 4.78 is 0.851. The maximum absolute atomic E-state index is 10.9. The molecule has 0 saturated heterocycles. The van der Waals surface area contributed by atoms with E-state index in [9.17, 15) is 9.90 Å². The van der Waals surface area contributed by atoms with Crippen molar-refractivity contribution in [1.82, 2.24) is 0 Å². The highest BCUT2D eigenvalue weighted by atomic mass is 32.1. The maximum Gasteiger partial charge on any atom is 0.325 e. The second kappa shape index (κ2) is 3.77. The molecular formula is C11H11NO3S. The first-order valence-electron chi connectivity index (χ1n) is 4.71. The molecule has 1 unspecified atom stereocenters. The average molecular weight is 237 g/mol. The second-order valence-corrected chi connectivity index (χ2v) is 4.82. The molecule has 1 aromatic heterocycles. The number of thiophene rings is 1. The van der Waals surface area contributed by atoms with Crippen LogP contribution in [0.25, 0.3) is 10.1 Å². The lowest BCUT2D eigenvalue weighted by atomic mass is 10.0. The van der Waals surface area contributed by atoms with E-state index in [1.165, 1.54) is 17.4 Å². The number of phenols is 1. The summed E-state index contributed by atoms with van der Waals surface area (Å²) in [4.78, 5) is 11.8. The van der Waals surface area contributed by atoms with E-state index in [1.54, 1.807) is 12.1 Å². The van der Waals surface area contributed by atoms with Crippen LogP contribution >= 0.6 is 11.3 Å². The molecule has 2 aromatic rings. The van der Waals surface area contributed by atoms with Gasteiger partial charge in [-0.3, -0.25) is 4.79 Å². The Kier molecular flexibility index (Phi) is 2.57. The number of hydrogen-bond donors (Lipinski definition) is 3. The fraction of sp³-hybridized carbons (Fsp3) is 0.182. The van der Waals surface area contributed by atoms with Gasteiger partial charge in [0, 0.05) is 15.1 Å². The van der Waals surface area contributed by atoms with Gasteiger partial charge < -0.3 is 15.9 Å². The van der Waals surface area contributed by atoms with Crippen molar-refractivity contribution in [1.29, 1.82) is 0 Å². The molecule has 0 amide bonds. The summed E-state index contributed by atoms with van der Waals surface area (Å²) >= 11 is 1.44. The predicted octanol–water partition coefficient (Wildman–Crippen LogP) is 2.00. The summed E-state index contributed by atoms with van der Waals surface area (Å²) in [5.41, 5.74) is 6.26. The molecule has 1 atom stereocenters. The Morgan fingerprint density at radius 1 is 1.50 bits per heavy atom. The van der Waals surface area contributed by atoms with E-state index >= 15 is 0 Å². The number of fused-ring (bicyclic) bond motifs is 1. The molecular weight excluding hydrogens is 226 g/mol. The Bertz CT molecular complexity index is 562. The zero-order valence-corrected chi connectivity index (χ0v) is 9.41. The Balaban J connectivity index is 2.69. The molecule has 4 N–H and O–H groups in total. The molecule has 5 heteroatoms. The number of hydrogen-bond acceptors (Lipinski definition) is 4. The van der Waals surface area contributed by atoms with Crippen molar-refractivity contribution in [2.45, 2.75) is 13.0 Å². The molecule has 4 nitrogen and oxygen atoms in total. The van der Waals surface area contributed by atoms with E-state index in [-0.39, 0.29) is 5.75 Å². The zero-order chi connectivity index (χ0) is 11.9. The second-order valence-electron chi connectivity index (χ2n) is 3.57. The summed E-state index contributed by atoms with van der Waals surface area (Å²) in [6.07, 6.45) is 0. The Morgan fingerprint density at radius 2 is 2.19 bits per heavy atom. The number of phenolic OH excluding ortho intramolecular Hbond substituents is 1. The molecule has 0 aliphatic rings. The number of carbonyl (C=O) groups is 1. The summed E-state index contributed by atoms with van der Waals surface area (Å²) in [7, 11) is 0. The van der Waals surface area contributed by atoms with Crippen LogP contribution in [0.5, 0.6) is 5.75 Å². The number of aliphatic carboxylic acids is 1. The minimum absolute atomic E-state index is 0.171. The largest absolute Gasteiger partial charge is 0.508 e. The number of aromatic hydroxyl groups is 1.